The minimum absolute atomic E-state index is 0.0787. The minimum atomic E-state index is -0.900. The number of carbonyl (C=O) groups is 1. The molecule has 0 aliphatic carbocycles. The molecular formula is C13H15FINO3. The van der Waals surface area contributed by atoms with E-state index >= 15 is 0 Å². The van der Waals surface area contributed by atoms with E-state index in [-0.39, 0.29) is 11.7 Å². The van der Waals surface area contributed by atoms with Crippen molar-refractivity contribution in [2.24, 2.45) is 0 Å². The topological polar surface area (TPSA) is 49.8 Å². The molecule has 1 aliphatic rings. The van der Waals surface area contributed by atoms with E-state index in [1.54, 1.807) is 6.07 Å². The third kappa shape index (κ3) is 3.10. The maximum atomic E-state index is 14.0. The molecule has 4 nitrogen and oxygen atoms in total. The van der Waals surface area contributed by atoms with Gasteiger partial charge in [0.05, 0.1) is 10.7 Å². The van der Waals surface area contributed by atoms with Gasteiger partial charge in [-0.15, -0.1) is 0 Å². The van der Waals surface area contributed by atoms with E-state index in [4.69, 9.17) is 9.84 Å². The molecule has 1 fully saturated rings. The average Bonchev–Trinajstić information content (AvgIpc) is 2.41. The quantitative estimate of drug-likeness (QED) is 0.803. The number of methoxy groups -OCH3 is 1. The number of amides is 1. The first-order valence-corrected chi connectivity index (χ1v) is 7.11. The summed E-state index contributed by atoms with van der Waals surface area (Å²) in [6.45, 7) is 0.921. The molecule has 6 heteroatoms. The molecule has 1 saturated heterocycles. The Morgan fingerprint density at radius 3 is 2.63 bits per heavy atom. The summed E-state index contributed by atoms with van der Waals surface area (Å²) in [5, 5.41) is 8.90. The van der Waals surface area contributed by atoms with E-state index in [1.807, 2.05) is 0 Å². The van der Waals surface area contributed by atoms with Gasteiger partial charge in [0.15, 0.2) is 0 Å². The third-order valence-electron chi connectivity index (χ3n) is 3.48. The Morgan fingerprint density at radius 1 is 1.47 bits per heavy atom. The second-order valence-corrected chi connectivity index (χ2v) is 5.71. The van der Waals surface area contributed by atoms with Crippen LogP contribution in [-0.4, -0.2) is 36.3 Å². The van der Waals surface area contributed by atoms with Crippen molar-refractivity contribution >= 4 is 28.7 Å². The summed E-state index contributed by atoms with van der Waals surface area (Å²) in [6.07, 6.45) is 0.417. The highest BCUT2D eigenvalue weighted by atomic mass is 127. The molecule has 2 rings (SSSR count). The number of rotatable bonds is 2. The molecule has 0 unspecified atom stereocenters. The number of hydrogen-bond acceptors (Lipinski definition) is 2. The number of halogens is 2. The zero-order valence-electron chi connectivity index (χ0n) is 10.5. The fraction of sp³-hybridized carbons (Fsp3) is 0.462. The molecule has 1 N–H and O–H groups in total. The largest absolute Gasteiger partial charge is 0.496 e. The molecule has 1 heterocycles. The van der Waals surface area contributed by atoms with Crippen LogP contribution in [0.3, 0.4) is 0 Å². The van der Waals surface area contributed by atoms with Crippen molar-refractivity contribution in [1.29, 1.82) is 0 Å². The predicted octanol–water partition coefficient (Wildman–Crippen LogP) is 3.30. The number of likely N-dealkylation sites (tertiary alicyclic amines) is 1. The van der Waals surface area contributed by atoms with Crippen LogP contribution in [0.1, 0.15) is 24.3 Å². The first-order chi connectivity index (χ1) is 9.02. The van der Waals surface area contributed by atoms with Gasteiger partial charge in [0.2, 0.25) is 0 Å². The summed E-state index contributed by atoms with van der Waals surface area (Å²) in [4.78, 5) is 12.2. The van der Waals surface area contributed by atoms with Crippen LogP contribution < -0.4 is 4.74 Å². The second kappa shape index (κ2) is 5.94. The van der Waals surface area contributed by atoms with E-state index < -0.39 is 6.09 Å². The van der Waals surface area contributed by atoms with E-state index in [2.05, 4.69) is 22.6 Å². The third-order valence-corrected chi connectivity index (χ3v) is 4.32. The summed E-state index contributed by atoms with van der Waals surface area (Å²) >= 11 is 2.12. The van der Waals surface area contributed by atoms with Crippen molar-refractivity contribution in [1.82, 2.24) is 4.90 Å². The monoisotopic (exact) mass is 379 g/mol. The molecule has 0 atom stereocenters. The molecule has 1 aromatic rings. The summed E-state index contributed by atoms with van der Waals surface area (Å²) in [5.41, 5.74) is 0.662. The molecule has 0 saturated carbocycles. The van der Waals surface area contributed by atoms with Crippen LogP contribution in [0.4, 0.5) is 9.18 Å². The van der Waals surface area contributed by atoms with Crippen LogP contribution in [0, 0.1) is 9.39 Å². The highest BCUT2D eigenvalue weighted by Crippen LogP contribution is 2.34. The highest BCUT2D eigenvalue weighted by Gasteiger charge is 2.25. The molecule has 0 spiro atoms. The van der Waals surface area contributed by atoms with Gasteiger partial charge in [0.1, 0.15) is 11.6 Å². The highest BCUT2D eigenvalue weighted by molar-refractivity contribution is 14.1. The van der Waals surface area contributed by atoms with Crippen LogP contribution >= 0.6 is 22.6 Å². The fourth-order valence-electron chi connectivity index (χ4n) is 2.40. The number of benzene rings is 1. The SMILES string of the molecule is COc1cc(F)c(C2CCN(C(=O)O)CC2)cc1I. The zero-order chi connectivity index (χ0) is 14.0. The van der Waals surface area contributed by atoms with Crippen LogP contribution in [-0.2, 0) is 0 Å². The maximum Gasteiger partial charge on any atom is 0.407 e. The van der Waals surface area contributed by atoms with Crippen LogP contribution in [0.5, 0.6) is 5.75 Å². The number of nitrogens with zero attached hydrogens (tertiary/aromatic N) is 1. The second-order valence-electron chi connectivity index (χ2n) is 4.55. The van der Waals surface area contributed by atoms with E-state index in [9.17, 15) is 9.18 Å². The summed E-state index contributed by atoms with van der Waals surface area (Å²) < 4.78 is 20.0. The van der Waals surface area contributed by atoms with Crippen molar-refractivity contribution < 1.29 is 19.0 Å². The van der Waals surface area contributed by atoms with Gasteiger partial charge < -0.3 is 14.7 Å². The summed E-state index contributed by atoms with van der Waals surface area (Å²) in [6, 6.07) is 3.20. The maximum absolute atomic E-state index is 14.0. The molecule has 0 radical (unpaired) electrons. The van der Waals surface area contributed by atoms with Gasteiger partial charge in [-0.25, -0.2) is 9.18 Å². The Hall–Kier alpha value is -1.05. The van der Waals surface area contributed by atoms with Gasteiger partial charge in [-0.2, -0.15) is 0 Å². The molecule has 0 aromatic heterocycles. The van der Waals surface area contributed by atoms with Gasteiger partial charge in [-0.05, 0) is 53.0 Å². The smallest absolute Gasteiger partial charge is 0.407 e. The molecule has 0 bridgehead atoms. The first-order valence-electron chi connectivity index (χ1n) is 6.03. The lowest BCUT2D eigenvalue weighted by atomic mass is 9.89. The van der Waals surface area contributed by atoms with Crippen molar-refractivity contribution in [2.45, 2.75) is 18.8 Å². The minimum Gasteiger partial charge on any atom is -0.496 e. The number of piperidine rings is 1. The van der Waals surface area contributed by atoms with Gasteiger partial charge in [0, 0.05) is 19.2 Å². The standard InChI is InChI=1S/C13H15FINO3/c1-19-12-7-10(14)9(6-11(12)15)8-2-4-16(5-3-8)13(17)18/h6-8H,2-5H2,1H3,(H,17,18). The molecule has 1 aliphatic heterocycles. The first kappa shape index (κ1) is 14.4. The molecule has 104 valence electrons. The van der Waals surface area contributed by atoms with Gasteiger partial charge in [0.25, 0.3) is 0 Å². The summed E-state index contributed by atoms with van der Waals surface area (Å²) in [5.74, 6) is 0.339. The van der Waals surface area contributed by atoms with Crippen LogP contribution in [0.25, 0.3) is 0 Å². The lowest BCUT2D eigenvalue weighted by Gasteiger charge is -2.30. The van der Waals surface area contributed by atoms with E-state index in [0.717, 1.165) is 3.57 Å². The average molecular weight is 379 g/mol. The predicted molar refractivity (Wildman–Crippen MR) is 77.2 cm³/mol. The number of hydrogen-bond donors (Lipinski definition) is 1. The molecule has 1 aromatic carbocycles. The number of carboxylic acid groups (broad SMARTS) is 1. The molecule has 1 amide bonds. The van der Waals surface area contributed by atoms with Crippen LogP contribution in [0.2, 0.25) is 0 Å². The Morgan fingerprint density at radius 2 is 2.11 bits per heavy atom. The Balaban J connectivity index is 2.15. The Bertz CT molecular complexity index is 487. The summed E-state index contributed by atoms with van der Waals surface area (Å²) in [7, 11) is 1.52. The van der Waals surface area contributed by atoms with Crippen molar-refractivity contribution in [3.63, 3.8) is 0 Å². The molecule has 19 heavy (non-hydrogen) atoms. The van der Waals surface area contributed by atoms with Crippen molar-refractivity contribution in [3.8, 4) is 5.75 Å². The van der Waals surface area contributed by atoms with E-state index in [1.165, 1.54) is 18.1 Å². The number of ether oxygens (including phenoxy) is 1. The van der Waals surface area contributed by atoms with Crippen molar-refractivity contribution in [3.05, 3.63) is 27.1 Å². The Labute approximate surface area is 124 Å². The normalized spacial score (nSPS) is 16.5. The van der Waals surface area contributed by atoms with Gasteiger partial charge in [-0.3, -0.25) is 0 Å². The Kier molecular flexibility index (Phi) is 4.49. The van der Waals surface area contributed by atoms with E-state index in [0.29, 0.717) is 37.2 Å². The lowest BCUT2D eigenvalue weighted by molar-refractivity contribution is 0.132. The van der Waals surface area contributed by atoms with Gasteiger partial charge in [-0.1, -0.05) is 0 Å². The molecular weight excluding hydrogens is 364 g/mol. The fourth-order valence-corrected chi connectivity index (χ4v) is 3.11. The van der Waals surface area contributed by atoms with Crippen molar-refractivity contribution in [2.75, 3.05) is 20.2 Å². The van der Waals surface area contributed by atoms with Crippen LogP contribution in [0.15, 0.2) is 12.1 Å². The lowest BCUT2D eigenvalue weighted by Crippen LogP contribution is -2.37. The zero-order valence-corrected chi connectivity index (χ0v) is 12.7. The van der Waals surface area contributed by atoms with Gasteiger partial charge >= 0.3 is 6.09 Å².